The number of rotatable bonds is 4. The Balaban J connectivity index is 1.75. The van der Waals surface area contributed by atoms with Crippen molar-refractivity contribution in [2.75, 3.05) is 10.6 Å². The number of para-hydroxylation sites is 1. The molecule has 5 nitrogen and oxygen atoms in total. The molecule has 0 saturated heterocycles. The molecule has 0 saturated carbocycles. The molecule has 0 aliphatic rings. The number of ether oxygens (including phenoxy) is 1. The number of halogens is 4. The Bertz CT molecular complexity index is 1060. The van der Waals surface area contributed by atoms with Crippen LogP contribution in [0.4, 0.5) is 29.3 Å². The molecule has 30 heavy (non-hydrogen) atoms. The van der Waals surface area contributed by atoms with Crippen molar-refractivity contribution in [1.29, 1.82) is 0 Å². The Kier molecular flexibility index (Phi) is 6.27. The predicted octanol–water partition coefficient (Wildman–Crippen LogP) is 6.22. The highest BCUT2D eigenvalue weighted by molar-refractivity contribution is 6.31. The fourth-order valence-corrected chi connectivity index (χ4v) is 2.65. The largest absolute Gasteiger partial charge is 0.417 e. The minimum Gasteiger partial charge on any atom is -0.409 e. The van der Waals surface area contributed by atoms with Crippen molar-refractivity contribution in [3.05, 3.63) is 88.9 Å². The second-order valence-electron chi connectivity index (χ2n) is 6.05. The summed E-state index contributed by atoms with van der Waals surface area (Å²) >= 11 is 5.94. The van der Waals surface area contributed by atoms with Gasteiger partial charge in [0.05, 0.1) is 11.1 Å². The Morgan fingerprint density at radius 2 is 1.47 bits per heavy atom. The van der Waals surface area contributed by atoms with Crippen LogP contribution in [0.2, 0.25) is 5.02 Å². The molecule has 0 aliphatic carbocycles. The first-order valence-corrected chi connectivity index (χ1v) is 8.92. The van der Waals surface area contributed by atoms with Crippen LogP contribution in [0.25, 0.3) is 0 Å². The molecular weight excluding hydrogens is 421 g/mol. The number of benzene rings is 3. The van der Waals surface area contributed by atoms with Crippen molar-refractivity contribution in [3.8, 4) is 5.75 Å². The van der Waals surface area contributed by atoms with Gasteiger partial charge in [0, 0.05) is 16.4 Å². The van der Waals surface area contributed by atoms with Crippen LogP contribution in [0, 0.1) is 0 Å². The molecule has 9 heteroatoms. The zero-order chi connectivity index (χ0) is 21.7. The van der Waals surface area contributed by atoms with E-state index < -0.39 is 23.7 Å². The van der Waals surface area contributed by atoms with E-state index in [1.807, 2.05) is 0 Å². The molecule has 0 aliphatic heterocycles. The van der Waals surface area contributed by atoms with Crippen LogP contribution < -0.4 is 15.4 Å². The van der Waals surface area contributed by atoms with E-state index in [0.717, 1.165) is 24.3 Å². The number of carbonyl (C=O) groups is 2. The maximum atomic E-state index is 12.7. The van der Waals surface area contributed by atoms with Crippen LogP contribution in [0.5, 0.6) is 5.75 Å². The lowest BCUT2D eigenvalue weighted by atomic mass is 10.1. The van der Waals surface area contributed by atoms with E-state index in [1.54, 1.807) is 30.3 Å². The van der Waals surface area contributed by atoms with E-state index in [-0.39, 0.29) is 22.0 Å². The average molecular weight is 435 g/mol. The molecule has 2 amide bonds. The van der Waals surface area contributed by atoms with Gasteiger partial charge in [0.25, 0.3) is 5.91 Å². The first-order valence-electron chi connectivity index (χ1n) is 8.54. The number of hydrogen-bond acceptors (Lipinski definition) is 3. The highest BCUT2D eigenvalue weighted by atomic mass is 35.5. The number of nitrogens with one attached hydrogen (secondary N) is 2. The molecule has 0 unspecified atom stereocenters. The topological polar surface area (TPSA) is 67.4 Å². The van der Waals surface area contributed by atoms with Crippen molar-refractivity contribution in [2.45, 2.75) is 6.18 Å². The lowest BCUT2D eigenvalue weighted by Gasteiger charge is -2.12. The summed E-state index contributed by atoms with van der Waals surface area (Å²) in [4.78, 5) is 24.7. The summed E-state index contributed by atoms with van der Waals surface area (Å²) in [5, 5.41) is 5.17. The molecule has 0 radical (unpaired) electrons. The second kappa shape index (κ2) is 8.87. The summed E-state index contributed by atoms with van der Waals surface area (Å²) in [6.45, 7) is 0. The Hall–Kier alpha value is -3.52. The summed E-state index contributed by atoms with van der Waals surface area (Å²) < 4.78 is 43.2. The zero-order valence-electron chi connectivity index (χ0n) is 15.2. The molecule has 0 bridgehead atoms. The van der Waals surface area contributed by atoms with E-state index in [4.69, 9.17) is 16.3 Å². The van der Waals surface area contributed by atoms with Crippen LogP contribution in [0.15, 0.2) is 72.8 Å². The first kappa shape index (κ1) is 21.2. The van der Waals surface area contributed by atoms with E-state index in [1.165, 1.54) is 18.2 Å². The smallest absolute Gasteiger partial charge is 0.409 e. The fraction of sp³-hybridized carbons (Fsp3) is 0.0476. The summed E-state index contributed by atoms with van der Waals surface area (Å²) in [5.74, 6) is -0.781. The Morgan fingerprint density at radius 3 is 2.10 bits per heavy atom. The van der Waals surface area contributed by atoms with Gasteiger partial charge in [-0.05, 0) is 54.6 Å². The zero-order valence-corrected chi connectivity index (χ0v) is 15.9. The number of hydrogen-bond donors (Lipinski definition) is 2. The first-order chi connectivity index (χ1) is 14.2. The Labute approximate surface area is 174 Å². The summed E-state index contributed by atoms with van der Waals surface area (Å²) in [6.07, 6.45) is -5.31. The molecule has 0 fully saturated rings. The number of anilines is 2. The van der Waals surface area contributed by atoms with E-state index in [0.29, 0.717) is 5.69 Å². The highest BCUT2D eigenvalue weighted by Gasteiger charge is 2.30. The Morgan fingerprint density at radius 1 is 0.833 bits per heavy atom. The van der Waals surface area contributed by atoms with Crippen molar-refractivity contribution >= 4 is 35.0 Å². The van der Waals surface area contributed by atoms with E-state index in [9.17, 15) is 22.8 Å². The van der Waals surface area contributed by atoms with Gasteiger partial charge in [0.15, 0.2) is 0 Å². The molecule has 3 aromatic carbocycles. The summed E-state index contributed by atoms with van der Waals surface area (Å²) in [5.41, 5.74) is -0.282. The van der Waals surface area contributed by atoms with Crippen molar-refractivity contribution in [1.82, 2.24) is 0 Å². The predicted molar refractivity (Wildman–Crippen MR) is 107 cm³/mol. The van der Waals surface area contributed by atoms with Crippen molar-refractivity contribution in [3.63, 3.8) is 0 Å². The molecular formula is C21H14ClF3N2O3. The molecule has 0 atom stereocenters. The van der Waals surface area contributed by atoms with Crippen LogP contribution in [-0.4, -0.2) is 12.0 Å². The minimum atomic E-state index is -4.48. The molecule has 0 aromatic heterocycles. The van der Waals surface area contributed by atoms with Crippen molar-refractivity contribution < 1.29 is 27.5 Å². The molecule has 0 heterocycles. The summed E-state index contributed by atoms with van der Waals surface area (Å²) in [6, 6.07) is 16.5. The third kappa shape index (κ3) is 5.51. The van der Waals surface area contributed by atoms with Gasteiger partial charge in [0.2, 0.25) is 0 Å². The second-order valence-corrected chi connectivity index (χ2v) is 6.49. The van der Waals surface area contributed by atoms with Crippen molar-refractivity contribution in [2.24, 2.45) is 0 Å². The maximum absolute atomic E-state index is 12.7. The van der Waals surface area contributed by atoms with Gasteiger partial charge in [0.1, 0.15) is 5.75 Å². The maximum Gasteiger partial charge on any atom is 0.417 e. The van der Waals surface area contributed by atoms with Gasteiger partial charge < -0.3 is 10.1 Å². The summed E-state index contributed by atoms with van der Waals surface area (Å²) in [7, 11) is 0. The number of alkyl halides is 3. The van der Waals surface area contributed by atoms with Crippen LogP contribution >= 0.6 is 11.6 Å². The fourth-order valence-electron chi connectivity index (χ4n) is 2.47. The quantitative estimate of drug-likeness (QED) is 0.512. The minimum absolute atomic E-state index is 0.0643. The number of carbonyl (C=O) groups excluding carboxylic acids is 2. The number of amides is 2. The molecule has 0 spiro atoms. The normalized spacial score (nSPS) is 10.9. The van der Waals surface area contributed by atoms with Crippen LogP contribution in [-0.2, 0) is 6.18 Å². The van der Waals surface area contributed by atoms with Crippen LogP contribution in [0.1, 0.15) is 15.9 Å². The van der Waals surface area contributed by atoms with E-state index in [2.05, 4.69) is 10.6 Å². The van der Waals surface area contributed by atoms with Gasteiger partial charge in [-0.25, -0.2) is 4.79 Å². The molecule has 3 aromatic rings. The van der Waals surface area contributed by atoms with Crippen LogP contribution in [0.3, 0.4) is 0 Å². The standard InChI is InChI=1S/C21H14ClF3N2O3/c22-14-8-11-18(30-20(29)27-15-4-2-1-3-5-15)17(12-14)19(28)26-16-9-6-13(7-10-16)21(23,24)25/h1-12H,(H,26,28)(H,27,29). The average Bonchev–Trinajstić information content (AvgIpc) is 2.69. The lowest BCUT2D eigenvalue weighted by Crippen LogP contribution is -2.20. The SMILES string of the molecule is O=C(Nc1ccccc1)Oc1ccc(Cl)cc1C(=O)Nc1ccc(C(F)(F)F)cc1. The van der Waals surface area contributed by atoms with Gasteiger partial charge >= 0.3 is 12.3 Å². The van der Waals surface area contributed by atoms with Gasteiger partial charge in [-0.15, -0.1) is 0 Å². The van der Waals surface area contributed by atoms with E-state index >= 15 is 0 Å². The molecule has 2 N–H and O–H groups in total. The van der Waals surface area contributed by atoms with Gasteiger partial charge in [-0.2, -0.15) is 13.2 Å². The third-order valence-corrected chi connectivity index (χ3v) is 4.11. The third-order valence-electron chi connectivity index (χ3n) is 3.88. The highest BCUT2D eigenvalue weighted by Crippen LogP contribution is 2.30. The monoisotopic (exact) mass is 434 g/mol. The molecule has 154 valence electrons. The van der Waals surface area contributed by atoms with Gasteiger partial charge in [-0.1, -0.05) is 29.8 Å². The van der Waals surface area contributed by atoms with Gasteiger partial charge in [-0.3, -0.25) is 10.1 Å². The lowest BCUT2D eigenvalue weighted by molar-refractivity contribution is -0.137. The molecule has 3 rings (SSSR count).